The molecule has 0 bridgehead atoms. The largest absolute Gasteiger partial charge is 0.348 e. The Morgan fingerprint density at radius 3 is 2.34 bits per heavy atom. The average molecular weight is 431 g/mol. The predicted octanol–water partition coefficient (Wildman–Crippen LogP) is 4.95. The third-order valence-electron chi connectivity index (χ3n) is 5.44. The normalized spacial score (nSPS) is 15.6. The number of anilines is 1. The highest BCUT2D eigenvalue weighted by molar-refractivity contribution is 7.92. The molecule has 4 nitrogen and oxygen atoms in total. The lowest BCUT2D eigenvalue weighted by atomic mass is 10.1. The van der Waals surface area contributed by atoms with Gasteiger partial charge in [-0.2, -0.15) is 0 Å². The van der Waals surface area contributed by atoms with Crippen molar-refractivity contribution in [1.29, 1.82) is 0 Å². The van der Waals surface area contributed by atoms with Gasteiger partial charge in [0.1, 0.15) is 5.82 Å². The summed E-state index contributed by atoms with van der Waals surface area (Å²) in [4.78, 5) is 7.12. The maximum absolute atomic E-state index is 13.1. The number of rotatable bonds is 5. The van der Waals surface area contributed by atoms with E-state index in [1.165, 1.54) is 29.8 Å². The molecule has 2 heterocycles. The fourth-order valence-corrected chi connectivity index (χ4v) is 6.25. The molecule has 0 aliphatic carbocycles. The van der Waals surface area contributed by atoms with Gasteiger partial charge < -0.3 is 4.90 Å². The van der Waals surface area contributed by atoms with Crippen LogP contribution in [0.5, 0.6) is 0 Å². The number of benzene rings is 2. The molecule has 152 valence electrons. The van der Waals surface area contributed by atoms with Crippen LogP contribution in [0.25, 0.3) is 11.3 Å². The molecule has 0 radical (unpaired) electrons. The summed E-state index contributed by atoms with van der Waals surface area (Å²) in [6.45, 7) is 3.43. The SMILES string of the molecule is CCc1ccc(-c2csc(N3CCC(S(=O)(=O)c4ccc(F)cc4)CC3)n2)cc1. The zero-order chi connectivity index (χ0) is 20.4. The van der Waals surface area contributed by atoms with Gasteiger partial charge in [-0.1, -0.05) is 31.2 Å². The standard InChI is InChI=1S/C22H23FN2O2S2/c1-2-16-3-5-17(6-4-16)21-15-28-22(24-21)25-13-11-20(12-14-25)29(26,27)19-9-7-18(23)8-10-19/h3-10,15,20H,2,11-14H2,1H3. The summed E-state index contributed by atoms with van der Waals surface area (Å²) in [7, 11) is -3.44. The Bertz CT molecular complexity index is 1070. The van der Waals surface area contributed by atoms with Crippen LogP contribution in [-0.4, -0.2) is 31.7 Å². The lowest BCUT2D eigenvalue weighted by Gasteiger charge is -2.31. The second-order valence-corrected chi connectivity index (χ2v) is 10.3. The van der Waals surface area contributed by atoms with E-state index < -0.39 is 20.9 Å². The minimum atomic E-state index is -3.44. The minimum absolute atomic E-state index is 0.199. The molecule has 0 saturated carbocycles. The fourth-order valence-electron chi connectivity index (χ4n) is 3.63. The summed E-state index contributed by atoms with van der Waals surface area (Å²) in [5, 5.41) is 2.54. The summed E-state index contributed by atoms with van der Waals surface area (Å²) < 4.78 is 38.8. The van der Waals surface area contributed by atoms with Crippen molar-refractivity contribution in [3.8, 4) is 11.3 Å². The molecule has 29 heavy (non-hydrogen) atoms. The molecule has 0 N–H and O–H groups in total. The summed E-state index contributed by atoms with van der Waals surface area (Å²) in [5.74, 6) is -0.428. The molecule has 7 heteroatoms. The van der Waals surface area contributed by atoms with E-state index in [-0.39, 0.29) is 4.90 Å². The molecule has 3 aromatic rings. The third kappa shape index (κ3) is 4.21. The van der Waals surface area contributed by atoms with Crippen LogP contribution in [-0.2, 0) is 16.3 Å². The van der Waals surface area contributed by atoms with Crippen molar-refractivity contribution in [1.82, 2.24) is 4.98 Å². The summed E-state index contributed by atoms with van der Waals surface area (Å²) in [6.07, 6.45) is 2.10. The zero-order valence-corrected chi connectivity index (χ0v) is 17.8. The van der Waals surface area contributed by atoms with Gasteiger partial charge in [0.05, 0.1) is 15.8 Å². The molecule has 1 aliphatic heterocycles. The molecule has 0 unspecified atom stereocenters. The Kier molecular flexibility index (Phi) is 5.69. The van der Waals surface area contributed by atoms with Crippen molar-refractivity contribution in [3.63, 3.8) is 0 Å². The average Bonchev–Trinajstić information content (AvgIpc) is 3.24. The van der Waals surface area contributed by atoms with Gasteiger partial charge >= 0.3 is 0 Å². The monoisotopic (exact) mass is 430 g/mol. The lowest BCUT2D eigenvalue weighted by molar-refractivity contribution is 0.529. The number of thiazole rings is 1. The Labute approximate surface area is 175 Å². The van der Waals surface area contributed by atoms with Crippen molar-refractivity contribution in [2.75, 3.05) is 18.0 Å². The maximum atomic E-state index is 13.1. The van der Waals surface area contributed by atoms with Crippen LogP contribution >= 0.6 is 11.3 Å². The maximum Gasteiger partial charge on any atom is 0.185 e. The van der Waals surface area contributed by atoms with Crippen LogP contribution in [0.4, 0.5) is 9.52 Å². The van der Waals surface area contributed by atoms with Crippen LogP contribution in [0.1, 0.15) is 25.3 Å². The highest BCUT2D eigenvalue weighted by atomic mass is 32.2. The molecule has 0 spiro atoms. The predicted molar refractivity (Wildman–Crippen MR) is 116 cm³/mol. The van der Waals surface area contributed by atoms with Crippen molar-refractivity contribution in [2.24, 2.45) is 0 Å². The van der Waals surface area contributed by atoms with Gasteiger partial charge in [0, 0.05) is 24.0 Å². The molecular formula is C22H23FN2O2S2. The van der Waals surface area contributed by atoms with E-state index >= 15 is 0 Å². The molecular weight excluding hydrogens is 407 g/mol. The number of aryl methyl sites for hydroxylation is 1. The lowest BCUT2D eigenvalue weighted by Crippen LogP contribution is -2.39. The van der Waals surface area contributed by atoms with Crippen molar-refractivity contribution >= 4 is 26.3 Å². The fraction of sp³-hybridized carbons (Fsp3) is 0.318. The number of aromatic nitrogens is 1. The molecule has 0 atom stereocenters. The zero-order valence-electron chi connectivity index (χ0n) is 16.2. The Morgan fingerprint density at radius 2 is 1.72 bits per heavy atom. The summed E-state index contributed by atoms with van der Waals surface area (Å²) >= 11 is 1.59. The van der Waals surface area contributed by atoms with Crippen molar-refractivity contribution < 1.29 is 12.8 Å². The second kappa shape index (κ2) is 8.24. The topological polar surface area (TPSA) is 50.3 Å². The number of sulfone groups is 1. The van der Waals surface area contributed by atoms with Gasteiger partial charge in [0.25, 0.3) is 0 Å². The molecule has 0 amide bonds. The first kappa shape index (κ1) is 20.0. The highest BCUT2D eigenvalue weighted by Gasteiger charge is 2.32. The Hall–Kier alpha value is -2.25. The van der Waals surface area contributed by atoms with Gasteiger partial charge in [-0.25, -0.2) is 17.8 Å². The van der Waals surface area contributed by atoms with E-state index in [9.17, 15) is 12.8 Å². The first-order valence-corrected chi connectivity index (χ1v) is 12.2. The molecule has 1 saturated heterocycles. The number of piperidine rings is 1. The van der Waals surface area contributed by atoms with Crippen LogP contribution in [0, 0.1) is 5.82 Å². The van der Waals surface area contributed by atoms with Crippen LogP contribution < -0.4 is 4.90 Å². The van der Waals surface area contributed by atoms with E-state index in [1.54, 1.807) is 11.3 Å². The highest BCUT2D eigenvalue weighted by Crippen LogP contribution is 2.31. The van der Waals surface area contributed by atoms with Gasteiger partial charge in [-0.15, -0.1) is 11.3 Å². The van der Waals surface area contributed by atoms with E-state index in [0.29, 0.717) is 25.9 Å². The number of nitrogens with zero attached hydrogens (tertiary/aromatic N) is 2. The van der Waals surface area contributed by atoms with E-state index in [0.717, 1.165) is 22.8 Å². The van der Waals surface area contributed by atoms with Crippen LogP contribution in [0.3, 0.4) is 0 Å². The van der Waals surface area contributed by atoms with Gasteiger partial charge in [0.15, 0.2) is 15.0 Å². The molecule has 1 aromatic heterocycles. The smallest absolute Gasteiger partial charge is 0.185 e. The summed E-state index contributed by atoms with van der Waals surface area (Å²) in [5.41, 5.74) is 3.35. The molecule has 1 aliphatic rings. The quantitative estimate of drug-likeness (QED) is 0.537. The second-order valence-electron chi connectivity index (χ2n) is 7.25. The van der Waals surface area contributed by atoms with E-state index in [2.05, 4.69) is 41.5 Å². The number of hydrogen-bond acceptors (Lipinski definition) is 5. The Morgan fingerprint density at radius 1 is 1.07 bits per heavy atom. The van der Waals surface area contributed by atoms with Gasteiger partial charge in [-0.05, 0) is 49.1 Å². The molecule has 4 rings (SSSR count). The van der Waals surface area contributed by atoms with E-state index in [1.807, 2.05) is 0 Å². The number of hydrogen-bond donors (Lipinski definition) is 0. The van der Waals surface area contributed by atoms with Crippen LogP contribution in [0.2, 0.25) is 0 Å². The summed E-state index contributed by atoms with van der Waals surface area (Å²) in [6, 6.07) is 13.6. The first-order chi connectivity index (χ1) is 14.0. The first-order valence-electron chi connectivity index (χ1n) is 9.76. The van der Waals surface area contributed by atoms with Crippen LogP contribution in [0.15, 0.2) is 58.8 Å². The van der Waals surface area contributed by atoms with Gasteiger partial charge in [0.2, 0.25) is 0 Å². The number of halogens is 1. The third-order valence-corrected chi connectivity index (χ3v) is 8.62. The van der Waals surface area contributed by atoms with E-state index in [4.69, 9.17) is 4.98 Å². The van der Waals surface area contributed by atoms with Gasteiger partial charge in [-0.3, -0.25) is 0 Å². The van der Waals surface area contributed by atoms with Crippen molar-refractivity contribution in [3.05, 3.63) is 65.3 Å². The minimum Gasteiger partial charge on any atom is -0.348 e. The molecule has 1 fully saturated rings. The Balaban J connectivity index is 1.43. The van der Waals surface area contributed by atoms with Crippen molar-refractivity contribution in [2.45, 2.75) is 36.3 Å². The molecule has 2 aromatic carbocycles.